The highest BCUT2D eigenvalue weighted by molar-refractivity contribution is 6.11. The predicted octanol–water partition coefficient (Wildman–Crippen LogP) is 5.19. The number of hydrogen-bond acceptors (Lipinski definition) is 2. The number of rotatable bonds is 6. The van der Waals surface area contributed by atoms with Gasteiger partial charge in [-0.05, 0) is 31.0 Å². The molecule has 2 aromatic heterocycles. The monoisotopic (exact) mass is 361 g/mol. The first-order valence-electron chi connectivity index (χ1n) is 9.99. The number of hydrogen-bond donors (Lipinski definition) is 1. The van der Waals surface area contributed by atoms with E-state index < -0.39 is 0 Å². The average molecular weight is 361 g/mol. The molecule has 0 aliphatic carbocycles. The maximum atomic E-state index is 4.97. The summed E-state index contributed by atoms with van der Waals surface area (Å²) in [5.74, 6) is 2.03. The molecular formula is C22H27N5. The van der Waals surface area contributed by atoms with Crippen LogP contribution in [0.25, 0.3) is 16.9 Å². The zero-order valence-corrected chi connectivity index (χ0v) is 16.2. The number of guanidine groups is 1. The van der Waals surface area contributed by atoms with Crippen molar-refractivity contribution in [2.45, 2.75) is 39.5 Å². The number of aromatic nitrogens is 2. The second-order valence-corrected chi connectivity index (χ2v) is 6.95. The molecule has 0 amide bonds. The third-order valence-electron chi connectivity index (χ3n) is 4.95. The fraction of sp³-hybridized carbons (Fsp3) is 0.364. The summed E-state index contributed by atoms with van der Waals surface area (Å²) < 4.78 is 2.18. The molecule has 1 N–H and O–H groups in total. The van der Waals surface area contributed by atoms with Crippen LogP contribution in [0.5, 0.6) is 0 Å². The summed E-state index contributed by atoms with van der Waals surface area (Å²) in [6.07, 6.45) is 6.57. The molecule has 1 aliphatic heterocycles. The van der Waals surface area contributed by atoms with Crippen LogP contribution in [-0.2, 0) is 0 Å². The van der Waals surface area contributed by atoms with Gasteiger partial charge in [-0.3, -0.25) is 14.3 Å². The highest BCUT2D eigenvalue weighted by Crippen LogP contribution is 2.38. The average Bonchev–Trinajstić information content (AvgIpc) is 3.02. The summed E-state index contributed by atoms with van der Waals surface area (Å²) >= 11 is 0. The molecule has 3 heterocycles. The van der Waals surface area contributed by atoms with Crippen molar-refractivity contribution in [3.63, 3.8) is 0 Å². The third kappa shape index (κ3) is 3.29. The molecule has 0 saturated carbocycles. The SMILES string of the molecule is CCCCN=C1Nc2ccccc2-c2nc3ccccn3c2N1CCCC. The minimum Gasteiger partial charge on any atom is -0.325 e. The zero-order valence-electron chi connectivity index (χ0n) is 16.2. The molecule has 5 nitrogen and oxygen atoms in total. The lowest BCUT2D eigenvalue weighted by molar-refractivity contribution is 0.775. The van der Waals surface area contributed by atoms with Crippen molar-refractivity contribution in [3.05, 3.63) is 48.7 Å². The fourth-order valence-corrected chi connectivity index (χ4v) is 3.50. The zero-order chi connectivity index (χ0) is 18.6. The van der Waals surface area contributed by atoms with Crippen molar-refractivity contribution in [1.82, 2.24) is 9.38 Å². The van der Waals surface area contributed by atoms with E-state index in [-0.39, 0.29) is 0 Å². The van der Waals surface area contributed by atoms with Crippen molar-refractivity contribution in [2.75, 3.05) is 23.3 Å². The van der Waals surface area contributed by atoms with Gasteiger partial charge in [0.15, 0.2) is 0 Å². The Hall–Kier alpha value is -2.82. The van der Waals surface area contributed by atoms with Crippen LogP contribution in [0.15, 0.2) is 53.7 Å². The van der Waals surface area contributed by atoms with Crippen molar-refractivity contribution in [3.8, 4) is 11.3 Å². The van der Waals surface area contributed by atoms with Crippen molar-refractivity contribution in [1.29, 1.82) is 0 Å². The lowest BCUT2D eigenvalue weighted by atomic mass is 10.1. The van der Waals surface area contributed by atoms with Gasteiger partial charge >= 0.3 is 0 Å². The van der Waals surface area contributed by atoms with Crippen LogP contribution in [0.2, 0.25) is 0 Å². The molecule has 140 valence electrons. The first kappa shape index (κ1) is 17.6. The molecule has 1 aromatic carbocycles. The van der Waals surface area contributed by atoms with E-state index in [0.29, 0.717) is 0 Å². The van der Waals surface area contributed by atoms with E-state index in [9.17, 15) is 0 Å². The normalized spacial score (nSPS) is 14.7. The second-order valence-electron chi connectivity index (χ2n) is 6.95. The van der Waals surface area contributed by atoms with Gasteiger partial charge in [-0.15, -0.1) is 0 Å². The van der Waals surface area contributed by atoms with Crippen LogP contribution in [0.3, 0.4) is 0 Å². The summed E-state index contributed by atoms with van der Waals surface area (Å²) in [6, 6.07) is 14.6. The van der Waals surface area contributed by atoms with Gasteiger partial charge in [-0.1, -0.05) is 51.0 Å². The second kappa shape index (κ2) is 7.82. The highest BCUT2D eigenvalue weighted by Gasteiger charge is 2.28. The fourth-order valence-electron chi connectivity index (χ4n) is 3.50. The van der Waals surface area contributed by atoms with Crippen molar-refractivity contribution < 1.29 is 0 Å². The Bertz CT molecular complexity index is 956. The highest BCUT2D eigenvalue weighted by atomic mass is 15.4. The number of pyridine rings is 1. The van der Waals surface area contributed by atoms with E-state index >= 15 is 0 Å². The van der Waals surface area contributed by atoms with Gasteiger partial charge in [-0.25, -0.2) is 4.98 Å². The van der Waals surface area contributed by atoms with Crippen LogP contribution < -0.4 is 10.2 Å². The minimum absolute atomic E-state index is 0.829. The van der Waals surface area contributed by atoms with Gasteiger partial charge in [0.25, 0.3) is 0 Å². The van der Waals surface area contributed by atoms with E-state index in [0.717, 1.165) is 73.1 Å². The Balaban J connectivity index is 1.93. The Kier molecular flexibility index (Phi) is 5.10. The van der Waals surface area contributed by atoms with Crippen molar-refractivity contribution in [2.24, 2.45) is 4.99 Å². The van der Waals surface area contributed by atoms with Gasteiger partial charge in [0.1, 0.15) is 17.2 Å². The number of fused-ring (bicyclic) bond motifs is 5. The summed E-state index contributed by atoms with van der Waals surface area (Å²) in [6.45, 7) is 6.17. The van der Waals surface area contributed by atoms with E-state index in [4.69, 9.17) is 9.98 Å². The van der Waals surface area contributed by atoms with Crippen LogP contribution in [0, 0.1) is 0 Å². The van der Waals surface area contributed by atoms with E-state index in [1.54, 1.807) is 0 Å². The van der Waals surface area contributed by atoms with Crippen LogP contribution in [0.1, 0.15) is 39.5 Å². The summed E-state index contributed by atoms with van der Waals surface area (Å²) in [7, 11) is 0. The smallest absolute Gasteiger partial charge is 0.204 e. The number of unbranched alkanes of at least 4 members (excludes halogenated alkanes) is 2. The summed E-state index contributed by atoms with van der Waals surface area (Å²) in [5.41, 5.74) is 4.17. The predicted molar refractivity (Wildman–Crippen MR) is 114 cm³/mol. The minimum atomic E-state index is 0.829. The van der Waals surface area contributed by atoms with Gasteiger partial charge in [0, 0.05) is 24.8 Å². The quantitative estimate of drug-likeness (QED) is 0.615. The molecule has 0 bridgehead atoms. The molecular weight excluding hydrogens is 334 g/mol. The number of nitrogens with zero attached hydrogens (tertiary/aromatic N) is 4. The van der Waals surface area contributed by atoms with E-state index in [1.165, 1.54) is 0 Å². The van der Waals surface area contributed by atoms with E-state index in [2.05, 4.69) is 71.1 Å². The number of imidazole rings is 1. The van der Waals surface area contributed by atoms with Gasteiger partial charge in [0.2, 0.25) is 5.96 Å². The molecule has 27 heavy (non-hydrogen) atoms. The van der Waals surface area contributed by atoms with Crippen LogP contribution in [0.4, 0.5) is 11.5 Å². The largest absolute Gasteiger partial charge is 0.325 e. The molecule has 0 fully saturated rings. The van der Waals surface area contributed by atoms with Crippen molar-refractivity contribution >= 4 is 23.1 Å². The number of aliphatic imine (C=N–C) groups is 1. The summed E-state index contributed by atoms with van der Waals surface area (Å²) in [4.78, 5) is 12.2. The molecule has 0 spiro atoms. The van der Waals surface area contributed by atoms with Crippen LogP contribution in [-0.4, -0.2) is 28.4 Å². The molecule has 0 atom stereocenters. The molecule has 0 radical (unpaired) electrons. The third-order valence-corrected chi connectivity index (χ3v) is 4.95. The molecule has 1 aliphatic rings. The maximum absolute atomic E-state index is 4.97. The van der Waals surface area contributed by atoms with Gasteiger partial charge in [-0.2, -0.15) is 0 Å². The topological polar surface area (TPSA) is 44.9 Å². The molecule has 0 saturated heterocycles. The first-order chi connectivity index (χ1) is 13.3. The number of benzene rings is 1. The van der Waals surface area contributed by atoms with E-state index in [1.807, 2.05) is 6.07 Å². The number of nitrogens with one attached hydrogen (secondary N) is 1. The van der Waals surface area contributed by atoms with Crippen LogP contribution >= 0.6 is 0 Å². The Morgan fingerprint density at radius 2 is 1.81 bits per heavy atom. The Morgan fingerprint density at radius 3 is 2.67 bits per heavy atom. The maximum Gasteiger partial charge on any atom is 0.204 e. The Labute approximate surface area is 160 Å². The number of anilines is 2. The summed E-state index contributed by atoms with van der Waals surface area (Å²) in [5, 5.41) is 3.60. The van der Waals surface area contributed by atoms with Gasteiger partial charge in [0.05, 0.1) is 5.69 Å². The lowest BCUT2D eigenvalue weighted by Gasteiger charge is -2.25. The molecule has 3 aromatic rings. The Morgan fingerprint density at radius 1 is 1.00 bits per heavy atom. The first-order valence-corrected chi connectivity index (χ1v) is 9.99. The number of para-hydroxylation sites is 1. The standard InChI is InChI=1S/C22H27N5/c1-3-5-14-23-22-24-18-12-8-7-11-17(18)20-21(27(22)15-6-4-2)26-16-10-9-13-19(26)25-20/h7-13,16H,3-6,14-15H2,1-2H3,(H,23,24). The lowest BCUT2D eigenvalue weighted by Crippen LogP contribution is -2.37. The molecule has 0 unspecified atom stereocenters. The molecule has 4 rings (SSSR count). The molecule has 5 heteroatoms. The van der Waals surface area contributed by atoms with Gasteiger partial charge < -0.3 is 5.32 Å².